The summed E-state index contributed by atoms with van der Waals surface area (Å²) in [6.07, 6.45) is 2.48. The van der Waals surface area contributed by atoms with Crippen LogP contribution < -0.4 is 10.2 Å². The lowest BCUT2D eigenvalue weighted by Crippen LogP contribution is -2.18. The van der Waals surface area contributed by atoms with Crippen LogP contribution in [0.2, 0.25) is 5.02 Å². The van der Waals surface area contributed by atoms with E-state index in [0.29, 0.717) is 0 Å². The predicted molar refractivity (Wildman–Crippen MR) is 105 cm³/mol. The van der Waals surface area contributed by atoms with Gasteiger partial charge in [0, 0.05) is 29.9 Å². The van der Waals surface area contributed by atoms with Crippen molar-refractivity contribution in [3.8, 4) is 0 Å². The lowest BCUT2D eigenvalue weighted by Gasteiger charge is -2.22. The summed E-state index contributed by atoms with van der Waals surface area (Å²) < 4.78 is 0. The first-order chi connectivity index (χ1) is 12.3. The Morgan fingerprint density at radius 2 is 1.84 bits per heavy atom. The number of nitrogens with one attached hydrogen (secondary N) is 1. The minimum atomic E-state index is 0.767. The highest BCUT2D eigenvalue weighted by molar-refractivity contribution is 6.30. The Kier molecular flexibility index (Phi) is 5.86. The average Bonchev–Trinajstić information content (AvgIpc) is 2.64. The van der Waals surface area contributed by atoms with Crippen molar-refractivity contribution in [3.63, 3.8) is 0 Å². The molecular weight excluding hydrogens is 332 g/mol. The smallest absolute Gasteiger partial charge is 0.138 e. The lowest BCUT2D eigenvalue weighted by atomic mass is 10.1. The molecule has 2 aromatic carbocycles. The van der Waals surface area contributed by atoms with Crippen LogP contribution in [0, 0.1) is 0 Å². The fraction of sp³-hybridized carbons (Fsp3) is 0.200. The van der Waals surface area contributed by atoms with E-state index in [0.717, 1.165) is 41.9 Å². The summed E-state index contributed by atoms with van der Waals surface area (Å²) in [5.74, 6) is 1.70. The average molecular weight is 353 g/mol. The SMILES string of the molecule is CCN(c1ccccc1)c1cc(NCCc2cccc(Cl)c2)ncn1. The Bertz CT molecular complexity index is 808. The number of rotatable bonds is 7. The molecule has 0 fully saturated rings. The summed E-state index contributed by atoms with van der Waals surface area (Å²) in [5, 5.41) is 4.13. The van der Waals surface area contributed by atoms with Gasteiger partial charge < -0.3 is 10.2 Å². The van der Waals surface area contributed by atoms with Crippen molar-refractivity contribution in [1.82, 2.24) is 9.97 Å². The summed E-state index contributed by atoms with van der Waals surface area (Å²) in [5.41, 5.74) is 2.32. The number of nitrogens with zero attached hydrogens (tertiary/aromatic N) is 3. The molecule has 0 amide bonds. The molecule has 1 heterocycles. The van der Waals surface area contributed by atoms with Crippen LogP contribution in [0.4, 0.5) is 17.3 Å². The van der Waals surface area contributed by atoms with Crippen LogP contribution in [-0.2, 0) is 6.42 Å². The van der Waals surface area contributed by atoms with Crippen molar-refractivity contribution < 1.29 is 0 Å². The Morgan fingerprint density at radius 3 is 2.60 bits per heavy atom. The summed E-state index contributed by atoms with van der Waals surface area (Å²) in [6, 6.07) is 20.1. The van der Waals surface area contributed by atoms with Crippen LogP contribution in [0.15, 0.2) is 67.0 Å². The number of hydrogen-bond acceptors (Lipinski definition) is 4. The molecule has 0 spiro atoms. The Hall–Kier alpha value is -2.59. The quantitative estimate of drug-likeness (QED) is 0.653. The molecule has 0 radical (unpaired) electrons. The zero-order valence-corrected chi connectivity index (χ0v) is 14.9. The van der Waals surface area contributed by atoms with Gasteiger partial charge in [0.2, 0.25) is 0 Å². The van der Waals surface area contributed by atoms with Crippen LogP contribution in [0.5, 0.6) is 0 Å². The van der Waals surface area contributed by atoms with Gasteiger partial charge in [-0.2, -0.15) is 0 Å². The fourth-order valence-corrected chi connectivity index (χ4v) is 2.92. The molecule has 0 saturated heterocycles. The Balaban J connectivity index is 1.66. The van der Waals surface area contributed by atoms with E-state index in [2.05, 4.69) is 45.3 Å². The van der Waals surface area contributed by atoms with Crippen molar-refractivity contribution in [2.24, 2.45) is 0 Å². The maximum absolute atomic E-state index is 6.02. The van der Waals surface area contributed by atoms with E-state index in [9.17, 15) is 0 Å². The minimum Gasteiger partial charge on any atom is -0.370 e. The van der Waals surface area contributed by atoms with E-state index in [4.69, 9.17) is 11.6 Å². The molecule has 0 unspecified atom stereocenters. The second-order valence-corrected chi connectivity index (χ2v) is 6.08. The van der Waals surface area contributed by atoms with Gasteiger partial charge in [0.25, 0.3) is 0 Å². The molecule has 0 bridgehead atoms. The fourth-order valence-electron chi connectivity index (χ4n) is 2.70. The first-order valence-electron chi connectivity index (χ1n) is 8.39. The Morgan fingerprint density at radius 1 is 1.00 bits per heavy atom. The molecule has 3 aromatic rings. The van der Waals surface area contributed by atoms with Crippen LogP contribution in [0.3, 0.4) is 0 Å². The van der Waals surface area contributed by atoms with Gasteiger partial charge >= 0.3 is 0 Å². The number of halogens is 1. The minimum absolute atomic E-state index is 0.767. The number of anilines is 3. The molecule has 128 valence electrons. The third kappa shape index (κ3) is 4.70. The van der Waals surface area contributed by atoms with Crippen LogP contribution >= 0.6 is 11.6 Å². The second kappa shape index (κ2) is 8.49. The molecule has 0 aliphatic heterocycles. The molecule has 3 rings (SSSR count). The van der Waals surface area contributed by atoms with Crippen LogP contribution in [0.25, 0.3) is 0 Å². The van der Waals surface area contributed by atoms with Crippen molar-refractivity contribution in [1.29, 1.82) is 0 Å². The van der Waals surface area contributed by atoms with E-state index in [-0.39, 0.29) is 0 Å². The van der Waals surface area contributed by atoms with E-state index < -0.39 is 0 Å². The number of para-hydroxylation sites is 1. The summed E-state index contributed by atoms with van der Waals surface area (Å²) >= 11 is 6.02. The second-order valence-electron chi connectivity index (χ2n) is 5.65. The topological polar surface area (TPSA) is 41.0 Å². The molecule has 1 N–H and O–H groups in total. The van der Waals surface area contributed by atoms with Gasteiger partial charge in [-0.25, -0.2) is 9.97 Å². The van der Waals surface area contributed by atoms with Gasteiger partial charge in [0.1, 0.15) is 18.0 Å². The summed E-state index contributed by atoms with van der Waals surface area (Å²) in [6.45, 7) is 3.73. The molecule has 0 atom stereocenters. The highest BCUT2D eigenvalue weighted by Gasteiger charge is 2.09. The molecule has 1 aromatic heterocycles. The van der Waals surface area contributed by atoms with Gasteiger partial charge in [0.15, 0.2) is 0 Å². The zero-order chi connectivity index (χ0) is 17.5. The molecule has 4 nitrogen and oxygen atoms in total. The van der Waals surface area contributed by atoms with Gasteiger partial charge in [-0.1, -0.05) is 41.9 Å². The van der Waals surface area contributed by atoms with Crippen LogP contribution in [0.1, 0.15) is 12.5 Å². The highest BCUT2D eigenvalue weighted by Crippen LogP contribution is 2.24. The van der Waals surface area contributed by atoms with E-state index in [1.807, 2.05) is 42.5 Å². The lowest BCUT2D eigenvalue weighted by molar-refractivity contribution is 0.963. The van der Waals surface area contributed by atoms with Crippen molar-refractivity contribution in [3.05, 3.63) is 77.6 Å². The predicted octanol–water partition coefficient (Wildman–Crippen LogP) is 4.94. The monoisotopic (exact) mass is 352 g/mol. The third-order valence-corrected chi connectivity index (χ3v) is 4.16. The largest absolute Gasteiger partial charge is 0.370 e. The zero-order valence-electron chi connectivity index (χ0n) is 14.2. The van der Waals surface area contributed by atoms with Crippen LogP contribution in [-0.4, -0.2) is 23.1 Å². The summed E-state index contributed by atoms with van der Waals surface area (Å²) in [7, 11) is 0. The first kappa shape index (κ1) is 17.2. The van der Waals surface area contributed by atoms with E-state index in [1.165, 1.54) is 5.56 Å². The maximum atomic E-state index is 6.02. The molecule has 25 heavy (non-hydrogen) atoms. The molecule has 0 saturated carbocycles. The van der Waals surface area contributed by atoms with Crippen molar-refractivity contribution in [2.75, 3.05) is 23.3 Å². The molecule has 0 aliphatic carbocycles. The highest BCUT2D eigenvalue weighted by atomic mass is 35.5. The molecule has 0 aliphatic rings. The first-order valence-corrected chi connectivity index (χ1v) is 8.77. The molecular formula is C20H21ClN4. The third-order valence-electron chi connectivity index (χ3n) is 3.92. The number of aromatic nitrogens is 2. The van der Waals surface area contributed by atoms with Gasteiger partial charge in [0.05, 0.1) is 0 Å². The Labute approximate surface area is 153 Å². The number of benzene rings is 2. The normalized spacial score (nSPS) is 10.5. The van der Waals surface area contributed by atoms with Gasteiger partial charge in [-0.3, -0.25) is 0 Å². The summed E-state index contributed by atoms with van der Waals surface area (Å²) in [4.78, 5) is 10.9. The molecule has 5 heteroatoms. The maximum Gasteiger partial charge on any atom is 0.138 e. The van der Waals surface area contributed by atoms with E-state index >= 15 is 0 Å². The van der Waals surface area contributed by atoms with Crippen molar-refractivity contribution >= 4 is 28.9 Å². The van der Waals surface area contributed by atoms with Gasteiger partial charge in [-0.15, -0.1) is 0 Å². The van der Waals surface area contributed by atoms with Crippen molar-refractivity contribution in [2.45, 2.75) is 13.3 Å². The van der Waals surface area contributed by atoms with Gasteiger partial charge in [-0.05, 0) is 43.2 Å². The van der Waals surface area contributed by atoms with E-state index in [1.54, 1.807) is 6.33 Å². The standard InChI is InChI=1S/C20H21ClN4/c1-2-25(18-9-4-3-5-10-18)20-14-19(23-15-24-20)22-12-11-16-7-6-8-17(21)13-16/h3-10,13-15H,2,11-12H2,1H3,(H,22,23,24). The number of hydrogen-bond donors (Lipinski definition) is 1.